The standard InChI is InChI=1S/C17H19FO/c1-3-13-6-4-5-7-16(13)17(19)11-14-10-15(18)9-8-12(14)2/h4-10,17,19H,3,11H2,1-2H3. The Bertz CT molecular complexity index is 563. The number of aliphatic hydroxyl groups is 1. The average molecular weight is 258 g/mol. The van der Waals surface area contributed by atoms with Crippen molar-refractivity contribution in [2.24, 2.45) is 0 Å². The Balaban J connectivity index is 2.25. The van der Waals surface area contributed by atoms with Gasteiger partial charge in [-0.2, -0.15) is 0 Å². The van der Waals surface area contributed by atoms with Crippen molar-refractivity contribution in [2.75, 3.05) is 0 Å². The first-order chi connectivity index (χ1) is 9.11. The lowest BCUT2D eigenvalue weighted by molar-refractivity contribution is 0.177. The van der Waals surface area contributed by atoms with Gasteiger partial charge in [0.15, 0.2) is 0 Å². The summed E-state index contributed by atoms with van der Waals surface area (Å²) in [5, 5.41) is 10.4. The van der Waals surface area contributed by atoms with E-state index in [9.17, 15) is 9.50 Å². The van der Waals surface area contributed by atoms with Crippen LogP contribution in [0.4, 0.5) is 4.39 Å². The monoisotopic (exact) mass is 258 g/mol. The summed E-state index contributed by atoms with van der Waals surface area (Å²) in [6.07, 6.45) is 0.743. The molecule has 0 bridgehead atoms. The molecule has 0 radical (unpaired) electrons. The molecule has 2 aromatic carbocycles. The zero-order valence-corrected chi connectivity index (χ0v) is 11.4. The molecular weight excluding hydrogens is 239 g/mol. The Labute approximate surface area is 113 Å². The van der Waals surface area contributed by atoms with Crippen LogP contribution in [0.15, 0.2) is 42.5 Å². The van der Waals surface area contributed by atoms with Crippen molar-refractivity contribution in [3.8, 4) is 0 Å². The molecule has 1 nitrogen and oxygen atoms in total. The van der Waals surface area contributed by atoms with E-state index in [0.717, 1.165) is 28.7 Å². The summed E-state index contributed by atoms with van der Waals surface area (Å²) in [5.74, 6) is -0.253. The second kappa shape index (κ2) is 5.98. The molecule has 0 aliphatic rings. The predicted octanol–water partition coefficient (Wildman–Crippen LogP) is 3.97. The van der Waals surface area contributed by atoms with Gasteiger partial charge in [-0.05, 0) is 47.7 Å². The zero-order chi connectivity index (χ0) is 13.8. The number of hydrogen-bond donors (Lipinski definition) is 1. The lowest BCUT2D eigenvalue weighted by atomic mass is 9.94. The van der Waals surface area contributed by atoms with Crippen LogP contribution in [-0.2, 0) is 12.8 Å². The Kier molecular flexibility index (Phi) is 4.33. The van der Waals surface area contributed by atoms with Gasteiger partial charge >= 0.3 is 0 Å². The van der Waals surface area contributed by atoms with E-state index in [0.29, 0.717) is 6.42 Å². The van der Waals surface area contributed by atoms with Gasteiger partial charge < -0.3 is 5.11 Å². The molecule has 0 aromatic heterocycles. The van der Waals surface area contributed by atoms with Crippen molar-refractivity contribution >= 4 is 0 Å². The molecule has 0 fully saturated rings. The Morgan fingerprint density at radius 3 is 2.58 bits per heavy atom. The van der Waals surface area contributed by atoms with Crippen molar-refractivity contribution in [3.63, 3.8) is 0 Å². The van der Waals surface area contributed by atoms with E-state index in [4.69, 9.17) is 0 Å². The third-order valence-electron chi connectivity index (χ3n) is 3.52. The maximum atomic E-state index is 13.3. The van der Waals surface area contributed by atoms with Crippen LogP contribution < -0.4 is 0 Å². The third-order valence-corrected chi connectivity index (χ3v) is 3.52. The van der Waals surface area contributed by atoms with E-state index >= 15 is 0 Å². The summed E-state index contributed by atoms with van der Waals surface area (Å²) < 4.78 is 13.3. The largest absolute Gasteiger partial charge is 0.388 e. The van der Waals surface area contributed by atoms with Crippen LogP contribution >= 0.6 is 0 Å². The maximum absolute atomic E-state index is 13.3. The summed E-state index contributed by atoms with van der Waals surface area (Å²) in [4.78, 5) is 0. The van der Waals surface area contributed by atoms with Gasteiger partial charge in [-0.3, -0.25) is 0 Å². The molecule has 0 saturated heterocycles. The fourth-order valence-electron chi connectivity index (χ4n) is 2.36. The number of benzene rings is 2. The molecule has 2 aromatic rings. The molecule has 100 valence electrons. The first-order valence-corrected chi connectivity index (χ1v) is 6.62. The van der Waals surface area contributed by atoms with Crippen LogP contribution in [0.25, 0.3) is 0 Å². The highest BCUT2D eigenvalue weighted by Gasteiger charge is 2.13. The summed E-state index contributed by atoms with van der Waals surface area (Å²) in [6, 6.07) is 12.6. The predicted molar refractivity (Wildman–Crippen MR) is 75.6 cm³/mol. The highest BCUT2D eigenvalue weighted by atomic mass is 19.1. The summed E-state index contributed by atoms with van der Waals surface area (Å²) in [6.45, 7) is 4.01. The lowest BCUT2D eigenvalue weighted by Crippen LogP contribution is -2.06. The minimum Gasteiger partial charge on any atom is -0.388 e. The van der Waals surface area contributed by atoms with Gasteiger partial charge in [-0.25, -0.2) is 4.39 Å². The smallest absolute Gasteiger partial charge is 0.123 e. The summed E-state index contributed by atoms with van der Waals surface area (Å²) >= 11 is 0. The van der Waals surface area contributed by atoms with Crippen molar-refractivity contribution in [3.05, 3.63) is 70.5 Å². The molecule has 0 spiro atoms. The fourth-order valence-corrected chi connectivity index (χ4v) is 2.36. The van der Waals surface area contributed by atoms with E-state index in [2.05, 4.69) is 6.92 Å². The van der Waals surface area contributed by atoms with Crippen molar-refractivity contribution < 1.29 is 9.50 Å². The van der Waals surface area contributed by atoms with E-state index in [1.165, 1.54) is 12.1 Å². The Morgan fingerprint density at radius 1 is 1.11 bits per heavy atom. The van der Waals surface area contributed by atoms with Crippen molar-refractivity contribution in [1.82, 2.24) is 0 Å². The minimum atomic E-state index is -0.586. The molecule has 0 aliphatic carbocycles. The van der Waals surface area contributed by atoms with Gasteiger partial charge in [-0.1, -0.05) is 37.3 Å². The number of halogens is 1. The highest BCUT2D eigenvalue weighted by Crippen LogP contribution is 2.24. The van der Waals surface area contributed by atoms with Gasteiger partial charge in [0.1, 0.15) is 5.82 Å². The van der Waals surface area contributed by atoms with Gasteiger partial charge in [0, 0.05) is 6.42 Å². The molecule has 1 unspecified atom stereocenters. The van der Waals surface area contributed by atoms with E-state index in [-0.39, 0.29) is 5.82 Å². The van der Waals surface area contributed by atoms with Crippen LogP contribution in [0, 0.1) is 12.7 Å². The lowest BCUT2D eigenvalue weighted by Gasteiger charge is -2.16. The molecule has 2 rings (SSSR count). The van der Waals surface area contributed by atoms with Crippen molar-refractivity contribution in [1.29, 1.82) is 0 Å². The normalized spacial score (nSPS) is 12.4. The topological polar surface area (TPSA) is 20.2 Å². The quantitative estimate of drug-likeness (QED) is 0.879. The number of hydrogen-bond acceptors (Lipinski definition) is 1. The van der Waals surface area contributed by atoms with Crippen LogP contribution in [0.1, 0.15) is 35.3 Å². The molecular formula is C17H19FO. The minimum absolute atomic E-state index is 0.253. The summed E-state index contributed by atoms with van der Waals surface area (Å²) in [7, 11) is 0. The third kappa shape index (κ3) is 3.21. The molecule has 19 heavy (non-hydrogen) atoms. The second-order valence-corrected chi connectivity index (χ2v) is 4.84. The molecule has 2 heteroatoms. The van der Waals surface area contributed by atoms with Crippen molar-refractivity contribution in [2.45, 2.75) is 32.8 Å². The van der Waals surface area contributed by atoms with E-state index in [1.54, 1.807) is 6.07 Å². The van der Waals surface area contributed by atoms with Gasteiger partial charge in [0.05, 0.1) is 6.10 Å². The maximum Gasteiger partial charge on any atom is 0.123 e. The number of aliphatic hydroxyl groups excluding tert-OH is 1. The molecule has 0 heterocycles. The highest BCUT2D eigenvalue weighted by molar-refractivity contribution is 5.33. The van der Waals surface area contributed by atoms with Gasteiger partial charge in [-0.15, -0.1) is 0 Å². The number of rotatable bonds is 4. The molecule has 0 saturated carbocycles. The summed E-state index contributed by atoms with van der Waals surface area (Å²) in [5.41, 5.74) is 3.95. The van der Waals surface area contributed by atoms with Crippen LogP contribution in [0.5, 0.6) is 0 Å². The molecule has 1 N–H and O–H groups in total. The zero-order valence-electron chi connectivity index (χ0n) is 11.4. The number of aryl methyl sites for hydroxylation is 2. The van der Waals surface area contributed by atoms with E-state index < -0.39 is 6.10 Å². The van der Waals surface area contributed by atoms with Crippen LogP contribution in [0.2, 0.25) is 0 Å². The van der Waals surface area contributed by atoms with Crippen LogP contribution in [0.3, 0.4) is 0 Å². The Hall–Kier alpha value is -1.67. The second-order valence-electron chi connectivity index (χ2n) is 4.84. The fraction of sp³-hybridized carbons (Fsp3) is 0.294. The van der Waals surface area contributed by atoms with E-state index in [1.807, 2.05) is 31.2 Å². The first kappa shape index (κ1) is 13.8. The SMILES string of the molecule is CCc1ccccc1C(O)Cc1cc(F)ccc1C. The first-order valence-electron chi connectivity index (χ1n) is 6.62. The molecule has 1 atom stereocenters. The van der Waals surface area contributed by atoms with Gasteiger partial charge in [0.25, 0.3) is 0 Å². The van der Waals surface area contributed by atoms with Gasteiger partial charge in [0.2, 0.25) is 0 Å². The average Bonchev–Trinajstić information content (AvgIpc) is 2.42. The van der Waals surface area contributed by atoms with Crippen LogP contribution in [-0.4, -0.2) is 5.11 Å². The Morgan fingerprint density at radius 2 is 1.84 bits per heavy atom. The molecule has 0 amide bonds. The molecule has 0 aliphatic heterocycles.